The Kier molecular flexibility index (Phi) is 5.82. The van der Waals surface area contributed by atoms with E-state index in [0.29, 0.717) is 18.9 Å². The van der Waals surface area contributed by atoms with E-state index in [1.165, 1.54) is 6.08 Å². The minimum atomic E-state index is -0.437. The smallest absolute Gasteiger partial charge is 0.332 e. The van der Waals surface area contributed by atoms with Crippen molar-refractivity contribution in [1.82, 2.24) is 0 Å². The van der Waals surface area contributed by atoms with Gasteiger partial charge in [-0.2, -0.15) is 0 Å². The molecule has 2 N–H and O–H groups in total. The number of nitrogens with two attached hydrogens (primary N) is 1. The lowest BCUT2D eigenvalue weighted by atomic mass is 10.2. The van der Waals surface area contributed by atoms with Gasteiger partial charge in [-0.1, -0.05) is 30.3 Å². The predicted molar refractivity (Wildman–Crippen MR) is 65.0 cm³/mol. The van der Waals surface area contributed by atoms with E-state index in [-0.39, 0.29) is 6.61 Å². The van der Waals surface area contributed by atoms with Crippen LogP contribution in [-0.2, 0) is 20.9 Å². The average Bonchev–Trinajstić information content (AvgIpc) is 2.30. The van der Waals surface area contributed by atoms with Crippen LogP contribution in [-0.4, -0.2) is 19.2 Å². The topological polar surface area (TPSA) is 61.5 Å². The lowest BCUT2D eigenvalue weighted by molar-refractivity contribution is -0.137. The van der Waals surface area contributed by atoms with Crippen LogP contribution in [0.1, 0.15) is 12.5 Å². The van der Waals surface area contributed by atoms with Gasteiger partial charge in [0, 0.05) is 11.8 Å². The van der Waals surface area contributed by atoms with Crippen molar-refractivity contribution < 1.29 is 14.3 Å². The van der Waals surface area contributed by atoms with Crippen molar-refractivity contribution in [1.29, 1.82) is 0 Å². The van der Waals surface area contributed by atoms with E-state index in [1.54, 1.807) is 6.92 Å². The summed E-state index contributed by atoms with van der Waals surface area (Å²) < 4.78 is 10.1. The van der Waals surface area contributed by atoms with Gasteiger partial charge < -0.3 is 15.2 Å². The molecule has 0 fully saturated rings. The monoisotopic (exact) mass is 235 g/mol. The molecule has 0 radical (unpaired) electrons. The number of carbonyl (C=O) groups is 1. The molecule has 0 aliphatic carbocycles. The summed E-state index contributed by atoms with van der Waals surface area (Å²) in [5, 5.41) is 0. The lowest BCUT2D eigenvalue weighted by Gasteiger charge is -2.04. The van der Waals surface area contributed by atoms with Crippen LogP contribution in [0.3, 0.4) is 0 Å². The molecular weight excluding hydrogens is 218 g/mol. The molecule has 1 aromatic rings. The van der Waals surface area contributed by atoms with Gasteiger partial charge in [0.15, 0.2) is 0 Å². The molecule has 92 valence electrons. The SMILES string of the molecule is CCOC(=O)/C=C(\N)COCc1ccccc1. The fourth-order valence-electron chi connectivity index (χ4n) is 1.24. The Morgan fingerprint density at radius 2 is 2.06 bits per heavy atom. The Balaban J connectivity index is 2.29. The summed E-state index contributed by atoms with van der Waals surface area (Å²) in [6, 6.07) is 9.75. The molecule has 0 spiro atoms. The van der Waals surface area contributed by atoms with E-state index in [9.17, 15) is 4.79 Å². The van der Waals surface area contributed by atoms with E-state index in [0.717, 1.165) is 5.56 Å². The van der Waals surface area contributed by atoms with Crippen LogP contribution >= 0.6 is 0 Å². The Morgan fingerprint density at radius 3 is 2.71 bits per heavy atom. The summed E-state index contributed by atoms with van der Waals surface area (Å²) in [5.74, 6) is -0.437. The lowest BCUT2D eigenvalue weighted by Crippen LogP contribution is -2.11. The zero-order chi connectivity index (χ0) is 12.5. The highest BCUT2D eigenvalue weighted by molar-refractivity contribution is 5.82. The van der Waals surface area contributed by atoms with Crippen LogP contribution in [0.15, 0.2) is 42.1 Å². The first-order chi connectivity index (χ1) is 8.22. The molecule has 0 aromatic heterocycles. The van der Waals surface area contributed by atoms with E-state index < -0.39 is 5.97 Å². The second-order valence-electron chi connectivity index (χ2n) is 3.45. The number of hydrogen-bond donors (Lipinski definition) is 1. The molecular formula is C13H17NO3. The zero-order valence-electron chi connectivity index (χ0n) is 9.89. The van der Waals surface area contributed by atoms with Crippen molar-refractivity contribution in [2.24, 2.45) is 5.73 Å². The molecule has 17 heavy (non-hydrogen) atoms. The third-order valence-corrected chi connectivity index (χ3v) is 1.97. The van der Waals surface area contributed by atoms with Crippen molar-refractivity contribution in [3.05, 3.63) is 47.7 Å². The molecule has 0 heterocycles. The second-order valence-corrected chi connectivity index (χ2v) is 3.45. The fraction of sp³-hybridized carbons (Fsp3) is 0.308. The van der Waals surface area contributed by atoms with E-state index in [2.05, 4.69) is 0 Å². The molecule has 0 aliphatic rings. The van der Waals surface area contributed by atoms with Gasteiger partial charge in [0.1, 0.15) is 0 Å². The molecule has 4 nitrogen and oxygen atoms in total. The minimum Gasteiger partial charge on any atom is -0.463 e. The van der Waals surface area contributed by atoms with Gasteiger partial charge in [0.05, 0.1) is 19.8 Å². The van der Waals surface area contributed by atoms with Gasteiger partial charge in [0.2, 0.25) is 0 Å². The minimum absolute atomic E-state index is 0.216. The molecule has 1 rings (SSSR count). The standard InChI is InChI=1S/C13H17NO3/c1-2-17-13(15)8-12(14)10-16-9-11-6-4-3-5-7-11/h3-8H,2,9-10,14H2,1H3/b12-8-. The van der Waals surface area contributed by atoms with E-state index in [1.807, 2.05) is 30.3 Å². The summed E-state index contributed by atoms with van der Waals surface area (Å²) in [7, 11) is 0. The van der Waals surface area contributed by atoms with Gasteiger partial charge in [-0.15, -0.1) is 0 Å². The van der Waals surface area contributed by atoms with Crippen LogP contribution < -0.4 is 5.73 Å². The highest BCUT2D eigenvalue weighted by Gasteiger charge is 1.99. The molecule has 0 saturated carbocycles. The first-order valence-electron chi connectivity index (χ1n) is 5.47. The molecule has 0 bridgehead atoms. The largest absolute Gasteiger partial charge is 0.463 e. The van der Waals surface area contributed by atoms with Crippen molar-refractivity contribution in [3.63, 3.8) is 0 Å². The van der Waals surface area contributed by atoms with Gasteiger partial charge in [0.25, 0.3) is 0 Å². The number of esters is 1. The summed E-state index contributed by atoms with van der Waals surface area (Å²) in [4.78, 5) is 11.1. The molecule has 0 amide bonds. The molecule has 1 aromatic carbocycles. The number of benzene rings is 1. The first kappa shape index (κ1) is 13.3. The average molecular weight is 235 g/mol. The predicted octanol–water partition coefficient (Wildman–Crippen LogP) is 1.61. The van der Waals surface area contributed by atoms with Crippen LogP contribution in [0.25, 0.3) is 0 Å². The summed E-state index contributed by atoms with van der Waals surface area (Å²) in [6.07, 6.45) is 1.24. The van der Waals surface area contributed by atoms with Gasteiger partial charge in [-0.05, 0) is 12.5 Å². The summed E-state index contributed by atoms with van der Waals surface area (Å²) in [6.45, 7) is 2.77. The maximum atomic E-state index is 11.1. The second kappa shape index (κ2) is 7.46. The number of ether oxygens (including phenoxy) is 2. The van der Waals surface area contributed by atoms with Crippen molar-refractivity contribution in [3.8, 4) is 0 Å². The first-order valence-corrected chi connectivity index (χ1v) is 5.47. The van der Waals surface area contributed by atoms with Crippen LogP contribution in [0.5, 0.6) is 0 Å². The van der Waals surface area contributed by atoms with Crippen molar-refractivity contribution in [2.75, 3.05) is 13.2 Å². The Hall–Kier alpha value is -1.81. The van der Waals surface area contributed by atoms with Crippen molar-refractivity contribution >= 4 is 5.97 Å². The maximum Gasteiger partial charge on any atom is 0.332 e. The van der Waals surface area contributed by atoms with Crippen LogP contribution in [0, 0.1) is 0 Å². The molecule has 4 heteroatoms. The van der Waals surface area contributed by atoms with Gasteiger partial charge in [-0.3, -0.25) is 0 Å². The highest BCUT2D eigenvalue weighted by atomic mass is 16.5. The van der Waals surface area contributed by atoms with Crippen LogP contribution in [0.2, 0.25) is 0 Å². The summed E-state index contributed by atoms with van der Waals surface area (Å²) in [5.41, 5.74) is 7.03. The normalized spacial score (nSPS) is 11.2. The molecule has 0 unspecified atom stereocenters. The number of carbonyl (C=O) groups excluding carboxylic acids is 1. The fourth-order valence-corrected chi connectivity index (χ4v) is 1.24. The van der Waals surface area contributed by atoms with Gasteiger partial charge in [-0.25, -0.2) is 4.79 Å². The van der Waals surface area contributed by atoms with E-state index in [4.69, 9.17) is 15.2 Å². The zero-order valence-corrected chi connectivity index (χ0v) is 9.89. The molecule has 0 aliphatic heterocycles. The highest BCUT2D eigenvalue weighted by Crippen LogP contribution is 2.01. The Morgan fingerprint density at radius 1 is 1.35 bits per heavy atom. The quantitative estimate of drug-likeness (QED) is 0.601. The maximum absolute atomic E-state index is 11.1. The molecule has 0 atom stereocenters. The summed E-state index contributed by atoms with van der Waals surface area (Å²) >= 11 is 0. The Bertz CT molecular complexity index is 374. The Labute approximate surface area is 101 Å². The van der Waals surface area contributed by atoms with E-state index >= 15 is 0 Å². The number of hydrogen-bond acceptors (Lipinski definition) is 4. The third-order valence-electron chi connectivity index (χ3n) is 1.97. The third kappa shape index (κ3) is 5.73. The van der Waals surface area contributed by atoms with Crippen LogP contribution in [0.4, 0.5) is 0 Å². The molecule has 0 saturated heterocycles. The van der Waals surface area contributed by atoms with Gasteiger partial charge >= 0.3 is 5.97 Å². The number of rotatable bonds is 6. The van der Waals surface area contributed by atoms with Crippen molar-refractivity contribution in [2.45, 2.75) is 13.5 Å².